The Labute approximate surface area is 258 Å². The number of fused-ring (bicyclic) bond motifs is 5. The molecule has 3 fully saturated rings. The maximum atomic E-state index is 12.8. The van der Waals surface area contributed by atoms with Crippen LogP contribution in [-0.4, -0.2) is 58.1 Å². The Morgan fingerprint density at radius 3 is 2.35 bits per heavy atom. The third-order valence-electron chi connectivity index (χ3n) is 12.1. The van der Waals surface area contributed by atoms with Gasteiger partial charge in [-0.25, -0.2) is 0 Å². The van der Waals surface area contributed by atoms with E-state index in [1.54, 1.807) is 0 Å². The van der Waals surface area contributed by atoms with E-state index in [1.165, 1.54) is 50.5 Å². The highest BCUT2D eigenvalue weighted by molar-refractivity contribution is 5.87. The smallest absolute Gasteiger partial charge is 0.325 e. The lowest BCUT2D eigenvalue weighted by molar-refractivity contribution is -0.157. The van der Waals surface area contributed by atoms with Crippen LogP contribution in [0.15, 0.2) is 11.6 Å². The van der Waals surface area contributed by atoms with Crippen molar-refractivity contribution >= 4 is 23.8 Å². The number of carbonyl (C=O) groups is 4. The average molecular weight is 602 g/mol. The molecule has 3 saturated carbocycles. The molecule has 43 heavy (non-hydrogen) atoms. The first kappa shape index (κ1) is 33.5. The third-order valence-corrected chi connectivity index (χ3v) is 12.1. The number of carbonyl (C=O) groups excluding carboxylic acids is 2. The molecule has 8 atom stereocenters. The van der Waals surface area contributed by atoms with Gasteiger partial charge in [0.1, 0.15) is 19.2 Å². The summed E-state index contributed by atoms with van der Waals surface area (Å²) in [6.07, 6.45) is 14.2. The molecule has 0 aliphatic heterocycles. The van der Waals surface area contributed by atoms with Crippen LogP contribution in [0.2, 0.25) is 0 Å². The molecule has 8 nitrogen and oxygen atoms in total. The summed E-state index contributed by atoms with van der Waals surface area (Å²) in [7, 11) is 0. The fourth-order valence-electron chi connectivity index (χ4n) is 9.90. The number of esters is 1. The molecular weight excluding hydrogens is 546 g/mol. The molecule has 8 heteroatoms. The van der Waals surface area contributed by atoms with Crippen LogP contribution in [0.25, 0.3) is 0 Å². The summed E-state index contributed by atoms with van der Waals surface area (Å²) in [4.78, 5) is 48.2. The third kappa shape index (κ3) is 7.47. The van der Waals surface area contributed by atoms with Gasteiger partial charge in [0.15, 0.2) is 0 Å². The Morgan fingerprint density at radius 1 is 0.930 bits per heavy atom. The molecule has 0 aromatic rings. The lowest BCUT2D eigenvalue weighted by Gasteiger charge is -2.58. The highest BCUT2D eigenvalue weighted by Crippen LogP contribution is 2.67. The van der Waals surface area contributed by atoms with E-state index in [-0.39, 0.29) is 17.9 Å². The van der Waals surface area contributed by atoms with Gasteiger partial charge in [-0.1, -0.05) is 65.5 Å². The minimum absolute atomic E-state index is 0.121. The molecule has 0 spiro atoms. The van der Waals surface area contributed by atoms with Crippen LogP contribution in [0.3, 0.4) is 0 Å². The Morgan fingerprint density at radius 2 is 1.67 bits per heavy atom. The normalized spacial score (nSPS) is 33.9. The monoisotopic (exact) mass is 601 g/mol. The molecule has 0 radical (unpaired) electrons. The Bertz CT molecular complexity index is 1080. The molecule has 0 bridgehead atoms. The van der Waals surface area contributed by atoms with Gasteiger partial charge in [0, 0.05) is 12.8 Å². The first-order valence-electron chi connectivity index (χ1n) is 16.8. The Balaban J connectivity index is 1.37. The van der Waals surface area contributed by atoms with Crippen molar-refractivity contribution < 1.29 is 34.1 Å². The maximum absolute atomic E-state index is 12.8. The van der Waals surface area contributed by atoms with E-state index in [1.807, 2.05) is 0 Å². The van der Waals surface area contributed by atoms with Crippen LogP contribution in [0.5, 0.6) is 0 Å². The second kappa shape index (κ2) is 13.7. The fourth-order valence-corrected chi connectivity index (χ4v) is 9.90. The van der Waals surface area contributed by atoms with Gasteiger partial charge in [-0.2, -0.15) is 0 Å². The first-order valence-corrected chi connectivity index (χ1v) is 16.8. The van der Waals surface area contributed by atoms with Gasteiger partial charge in [0.25, 0.3) is 0 Å². The van der Waals surface area contributed by atoms with Crippen molar-refractivity contribution in [2.75, 3.05) is 13.1 Å². The first-order chi connectivity index (χ1) is 20.2. The summed E-state index contributed by atoms with van der Waals surface area (Å²) in [6.45, 7) is 11.1. The van der Waals surface area contributed by atoms with Crippen LogP contribution in [-0.2, 0) is 23.9 Å². The number of nitrogens with zero attached hydrogens (tertiary/aromatic N) is 1. The SMILES string of the molecule is CC(C)CCC[C@@H](C)[C@H]1CCC2C3CC=C4C[C@@H](OC(=O)CN(CC(=O)O)C(=O)CCC(=O)O)CC[C@]4(C)C3CC[C@@]21C. The van der Waals surface area contributed by atoms with Gasteiger partial charge >= 0.3 is 17.9 Å². The van der Waals surface area contributed by atoms with Gasteiger partial charge in [0.05, 0.1) is 6.42 Å². The molecule has 242 valence electrons. The molecule has 3 unspecified atom stereocenters. The number of ether oxygens (including phenoxy) is 1. The standard InChI is InChI=1S/C35H55NO7/c1-22(2)7-6-8-23(3)27-11-12-28-26-10-9-24-19-25(15-17-34(24,4)29(26)16-18-35(27,28)5)43-33(42)21-36(20-32(40)41)30(37)13-14-31(38)39/h9,22-23,25-29H,6-8,10-21H2,1-5H3,(H,38,39)(H,40,41)/t23-,25+,26?,27-,28?,29?,34+,35-/m1/s1. The highest BCUT2D eigenvalue weighted by atomic mass is 16.5. The molecule has 1 amide bonds. The second-order valence-electron chi connectivity index (χ2n) is 15.2. The number of allylic oxidation sites excluding steroid dienone is 1. The van der Waals surface area contributed by atoms with Crippen LogP contribution in [0.4, 0.5) is 0 Å². The predicted octanol–water partition coefficient (Wildman–Crippen LogP) is 6.72. The lowest BCUT2D eigenvalue weighted by atomic mass is 9.47. The quantitative estimate of drug-likeness (QED) is 0.178. The summed E-state index contributed by atoms with van der Waals surface area (Å²) in [5.74, 6) is 0.844. The van der Waals surface area contributed by atoms with E-state index in [0.29, 0.717) is 17.8 Å². The largest absolute Gasteiger partial charge is 0.481 e. The molecule has 4 aliphatic rings. The van der Waals surface area contributed by atoms with Crippen molar-refractivity contribution in [1.82, 2.24) is 4.90 Å². The lowest BCUT2D eigenvalue weighted by Crippen LogP contribution is -2.51. The van der Waals surface area contributed by atoms with Crippen molar-refractivity contribution in [2.24, 2.45) is 46.3 Å². The molecular formula is C35H55NO7. The van der Waals surface area contributed by atoms with E-state index in [9.17, 15) is 24.3 Å². The number of carboxylic acids is 2. The zero-order valence-corrected chi connectivity index (χ0v) is 27.1. The number of hydrogen-bond donors (Lipinski definition) is 2. The van der Waals surface area contributed by atoms with Crippen molar-refractivity contribution in [3.8, 4) is 0 Å². The van der Waals surface area contributed by atoms with Gasteiger partial charge in [-0.15, -0.1) is 0 Å². The van der Waals surface area contributed by atoms with Crippen LogP contribution < -0.4 is 0 Å². The maximum Gasteiger partial charge on any atom is 0.325 e. The minimum atomic E-state index is -1.26. The number of aliphatic carboxylic acids is 2. The van der Waals surface area contributed by atoms with Crippen LogP contribution in [0.1, 0.15) is 118 Å². The Kier molecular flexibility index (Phi) is 10.7. The van der Waals surface area contributed by atoms with E-state index >= 15 is 0 Å². The molecule has 4 aliphatic carbocycles. The zero-order chi connectivity index (χ0) is 31.5. The zero-order valence-electron chi connectivity index (χ0n) is 27.1. The molecule has 0 aromatic heterocycles. The molecule has 0 saturated heterocycles. The summed E-state index contributed by atoms with van der Waals surface area (Å²) in [6, 6.07) is 0. The van der Waals surface area contributed by atoms with Crippen molar-refractivity contribution in [1.29, 1.82) is 0 Å². The summed E-state index contributed by atoms with van der Waals surface area (Å²) >= 11 is 0. The number of hydrogen-bond acceptors (Lipinski definition) is 5. The van der Waals surface area contributed by atoms with Gasteiger partial charge in [-0.05, 0) is 91.3 Å². The average Bonchev–Trinajstić information content (AvgIpc) is 3.28. The number of amides is 1. The van der Waals surface area contributed by atoms with Gasteiger partial charge < -0.3 is 19.8 Å². The fraction of sp³-hybridized carbons (Fsp3) is 0.829. The second-order valence-corrected chi connectivity index (χ2v) is 15.2. The summed E-state index contributed by atoms with van der Waals surface area (Å²) in [5, 5.41) is 18.1. The molecule has 0 aromatic carbocycles. The van der Waals surface area contributed by atoms with Crippen molar-refractivity contribution in [3.63, 3.8) is 0 Å². The number of carboxylic acid groups (broad SMARTS) is 2. The summed E-state index contributed by atoms with van der Waals surface area (Å²) in [5.41, 5.74) is 1.96. The summed E-state index contributed by atoms with van der Waals surface area (Å²) < 4.78 is 5.80. The van der Waals surface area contributed by atoms with E-state index in [4.69, 9.17) is 9.84 Å². The molecule has 0 heterocycles. The van der Waals surface area contributed by atoms with Gasteiger partial charge in [-0.3, -0.25) is 19.2 Å². The van der Waals surface area contributed by atoms with Crippen LogP contribution in [0, 0.1) is 46.3 Å². The van der Waals surface area contributed by atoms with Gasteiger partial charge in [0.2, 0.25) is 5.91 Å². The minimum Gasteiger partial charge on any atom is -0.481 e. The van der Waals surface area contributed by atoms with Crippen molar-refractivity contribution in [3.05, 3.63) is 11.6 Å². The highest BCUT2D eigenvalue weighted by Gasteiger charge is 2.59. The molecule has 2 N–H and O–H groups in total. The van der Waals surface area contributed by atoms with E-state index in [0.717, 1.165) is 53.8 Å². The topological polar surface area (TPSA) is 121 Å². The number of rotatable bonds is 13. The Hall–Kier alpha value is -2.38. The predicted molar refractivity (Wildman–Crippen MR) is 164 cm³/mol. The van der Waals surface area contributed by atoms with E-state index in [2.05, 4.69) is 40.7 Å². The van der Waals surface area contributed by atoms with E-state index < -0.39 is 43.3 Å². The van der Waals surface area contributed by atoms with Crippen LogP contribution >= 0.6 is 0 Å². The van der Waals surface area contributed by atoms with Crippen molar-refractivity contribution in [2.45, 2.75) is 124 Å². The molecule has 4 rings (SSSR count).